The summed E-state index contributed by atoms with van der Waals surface area (Å²) in [5, 5.41) is 12.7. The number of nitrogens with one attached hydrogen (secondary N) is 1. The van der Waals surface area contributed by atoms with Crippen LogP contribution in [0.5, 0.6) is 5.88 Å². The van der Waals surface area contributed by atoms with E-state index in [4.69, 9.17) is 0 Å². The average Bonchev–Trinajstić information content (AvgIpc) is 3.09. The maximum Gasteiger partial charge on any atom is 0.270 e. The molecule has 0 radical (unpaired) electrons. The Morgan fingerprint density at radius 2 is 1.96 bits per heavy atom. The minimum Gasteiger partial charge on any atom is -0.493 e. The highest BCUT2D eigenvalue weighted by atomic mass is 16.3. The van der Waals surface area contributed by atoms with Gasteiger partial charge in [-0.05, 0) is 24.3 Å². The first-order valence-corrected chi connectivity index (χ1v) is 7.01. The third-order valence-electron chi connectivity index (χ3n) is 3.20. The van der Waals surface area contributed by atoms with E-state index in [1.54, 1.807) is 24.3 Å². The van der Waals surface area contributed by atoms with E-state index in [1.165, 1.54) is 36.4 Å². The monoisotopic (exact) mass is 323 g/mol. The fourth-order valence-electron chi connectivity index (χ4n) is 2.09. The Kier molecular flexibility index (Phi) is 4.02. The van der Waals surface area contributed by atoms with Gasteiger partial charge >= 0.3 is 0 Å². The molecule has 3 aromatic rings. The van der Waals surface area contributed by atoms with Crippen molar-refractivity contribution in [3.8, 4) is 17.3 Å². The van der Waals surface area contributed by atoms with E-state index in [1.807, 2.05) is 0 Å². The summed E-state index contributed by atoms with van der Waals surface area (Å²) in [4.78, 5) is 35.0. The number of hydrogen-bond donors (Lipinski definition) is 2. The topological polar surface area (TPSA) is 110 Å². The molecule has 3 rings (SSSR count). The molecule has 1 amide bonds. The van der Waals surface area contributed by atoms with Crippen LogP contribution in [0.3, 0.4) is 0 Å². The maximum absolute atomic E-state index is 12.2. The summed E-state index contributed by atoms with van der Waals surface area (Å²) in [6.07, 6.45) is 5.52. The second kappa shape index (κ2) is 6.29. The van der Waals surface area contributed by atoms with Crippen molar-refractivity contribution in [2.75, 3.05) is 5.32 Å². The number of aromatic hydroxyl groups is 1. The third-order valence-corrected chi connectivity index (χ3v) is 3.20. The molecule has 0 saturated carbocycles. The largest absolute Gasteiger partial charge is 0.493 e. The van der Waals surface area contributed by atoms with Gasteiger partial charge in [0.05, 0.1) is 0 Å². The van der Waals surface area contributed by atoms with Crippen LogP contribution in [0.2, 0.25) is 0 Å². The molecule has 0 aliphatic rings. The molecule has 120 valence electrons. The Balaban J connectivity index is 1.87. The normalized spacial score (nSPS) is 10.4. The smallest absolute Gasteiger partial charge is 0.270 e. The zero-order valence-corrected chi connectivity index (χ0v) is 12.7. The first-order valence-electron chi connectivity index (χ1n) is 7.01. The molecule has 0 saturated heterocycles. The molecule has 0 aliphatic heterocycles. The lowest BCUT2D eigenvalue weighted by Gasteiger charge is -2.06. The summed E-state index contributed by atoms with van der Waals surface area (Å²) in [5.74, 6) is -0.787. The molecule has 0 bridgehead atoms. The minimum absolute atomic E-state index is 0.0217. The van der Waals surface area contributed by atoms with Crippen molar-refractivity contribution in [3.63, 3.8) is 0 Å². The van der Waals surface area contributed by atoms with Gasteiger partial charge in [-0.1, -0.05) is 0 Å². The summed E-state index contributed by atoms with van der Waals surface area (Å²) in [7, 11) is 0. The lowest BCUT2D eigenvalue weighted by atomic mass is 10.2. The molecule has 2 aromatic heterocycles. The fourth-order valence-corrected chi connectivity index (χ4v) is 2.09. The van der Waals surface area contributed by atoms with Crippen molar-refractivity contribution in [2.24, 2.45) is 0 Å². The molecule has 8 heteroatoms. The van der Waals surface area contributed by atoms with Crippen LogP contribution in [0.25, 0.3) is 11.4 Å². The van der Waals surface area contributed by atoms with E-state index in [-0.39, 0.29) is 17.3 Å². The van der Waals surface area contributed by atoms with E-state index in [0.29, 0.717) is 11.3 Å². The summed E-state index contributed by atoms with van der Waals surface area (Å²) in [5.41, 5.74) is 1.26. The summed E-state index contributed by atoms with van der Waals surface area (Å²) in [6.45, 7) is 1.42. The Hall–Kier alpha value is -3.55. The number of nitrogens with zero attached hydrogens (tertiary/aromatic N) is 4. The maximum atomic E-state index is 12.2. The SMILES string of the molecule is CC(=O)Nc1ccc(-c2ncc(C(=O)n3ccnc3)c(O)n2)cc1. The highest BCUT2D eigenvalue weighted by molar-refractivity contribution is 5.97. The fraction of sp³-hybridized carbons (Fsp3) is 0.0625. The van der Waals surface area contributed by atoms with E-state index in [0.717, 1.165) is 0 Å². The van der Waals surface area contributed by atoms with Crippen molar-refractivity contribution in [1.82, 2.24) is 19.5 Å². The molecule has 0 atom stereocenters. The van der Waals surface area contributed by atoms with Gasteiger partial charge in [-0.3, -0.25) is 14.2 Å². The number of imidazole rings is 1. The van der Waals surface area contributed by atoms with Crippen LogP contribution in [-0.2, 0) is 4.79 Å². The van der Waals surface area contributed by atoms with Gasteiger partial charge in [0.1, 0.15) is 11.9 Å². The number of amides is 1. The summed E-state index contributed by atoms with van der Waals surface area (Å²) in [6, 6.07) is 6.80. The molecule has 1 aromatic carbocycles. The van der Waals surface area contributed by atoms with E-state index in [2.05, 4.69) is 20.3 Å². The van der Waals surface area contributed by atoms with Crippen molar-refractivity contribution < 1.29 is 14.7 Å². The molecular weight excluding hydrogens is 310 g/mol. The van der Waals surface area contributed by atoms with Crippen LogP contribution in [0.15, 0.2) is 49.2 Å². The molecule has 2 heterocycles. The van der Waals surface area contributed by atoms with Crippen LogP contribution >= 0.6 is 0 Å². The average molecular weight is 323 g/mol. The van der Waals surface area contributed by atoms with Crippen molar-refractivity contribution in [3.05, 3.63) is 54.7 Å². The summed E-state index contributed by atoms with van der Waals surface area (Å²) >= 11 is 0. The second-order valence-electron chi connectivity index (χ2n) is 4.96. The van der Waals surface area contributed by atoms with Crippen LogP contribution in [-0.4, -0.2) is 36.4 Å². The minimum atomic E-state index is -0.474. The van der Waals surface area contributed by atoms with E-state index in [9.17, 15) is 14.7 Å². The first kappa shape index (κ1) is 15.3. The predicted molar refractivity (Wildman–Crippen MR) is 85.4 cm³/mol. The predicted octanol–water partition coefficient (Wildman–Crippen LogP) is 1.69. The molecular formula is C16H13N5O3. The molecule has 0 unspecified atom stereocenters. The van der Waals surface area contributed by atoms with Crippen LogP contribution in [0, 0.1) is 0 Å². The third kappa shape index (κ3) is 3.12. The van der Waals surface area contributed by atoms with Gasteiger partial charge in [-0.15, -0.1) is 0 Å². The quantitative estimate of drug-likeness (QED) is 0.759. The molecule has 0 aliphatic carbocycles. The molecule has 0 spiro atoms. The highest BCUT2D eigenvalue weighted by Crippen LogP contribution is 2.22. The first-order chi connectivity index (χ1) is 11.5. The number of carbonyl (C=O) groups excluding carboxylic acids is 2. The van der Waals surface area contributed by atoms with Gasteiger partial charge in [0.15, 0.2) is 5.82 Å². The van der Waals surface area contributed by atoms with Crippen LogP contribution in [0.1, 0.15) is 17.3 Å². The van der Waals surface area contributed by atoms with Crippen LogP contribution in [0.4, 0.5) is 5.69 Å². The van der Waals surface area contributed by atoms with Crippen molar-refractivity contribution in [1.29, 1.82) is 0 Å². The van der Waals surface area contributed by atoms with E-state index >= 15 is 0 Å². The van der Waals surface area contributed by atoms with Crippen molar-refractivity contribution in [2.45, 2.75) is 6.92 Å². The number of carbonyl (C=O) groups is 2. The zero-order chi connectivity index (χ0) is 17.1. The standard InChI is InChI=1S/C16H13N5O3/c1-10(22)19-12-4-2-11(3-5-12)14-18-8-13(15(23)20-14)16(24)21-7-6-17-9-21/h2-9H,1H3,(H,19,22)(H,18,20,23). The molecule has 0 fully saturated rings. The van der Waals surface area contributed by atoms with E-state index < -0.39 is 11.8 Å². The van der Waals surface area contributed by atoms with Gasteiger partial charge in [0.25, 0.3) is 5.91 Å². The zero-order valence-electron chi connectivity index (χ0n) is 12.7. The van der Waals surface area contributed by atoms with Gasteiger partial charge in [0.2, 0.25) is 11.8 Å². The lowest BCUT2D eigenvalue weighted by Crippen LogP contribution is -2.11. The summed E-state index contributed by atoms with van der Waals surface area (Å²) < 4.78 is 1.22. The lowest BCUT2D eigenvalue weighted by molar-refractivity contribution is -0.114. The number of rotatable bonds is 3. The Morgan fingerprint density at radius 1 is 1.21 bits per heavy atom. The Bertz CT molecular complexity index is 889. The van der Waals surface area contributed by atoms with Gasteiger partial charge in [-0.25, -0.2) is 9.97 Å². The van der Waals surface area contributed by atoms with Gasteiger partial charge in [0, 0.05) is 36.8 Å². The second-order valence-corrected chi connectivity index (χ2v) is 4.96. The molecule has 8 nitrogen and oxygen atoms in total. The van der Waals surface area contributed by atoms with Crippen molar-refractivity contribution >= 4 is 17.5 Å². The number of benzene rings is 1. The van der Waals surface area contributed by atoms with Crippen LogP contribution < -0.4 is 5.32 Å². The Labute approximate surface area is 136 Å². The van der Waals surface area contributed by atoms with Gasteiger partial charge in [-0.2, -0.15) is 4.98 Å². The Morgan fingerprint density at radius 3 is 2.54 bits per heavy atom. The molecule has 2 N–H and O–H groups in total. The number of hydrogen-bond acceptors (Lipinski definition) is 6. The molecule has 24 heavy (non-hydrogen) atoms. The number of anilines is 1. The highest BCUT2D eigenvalue weighted by Gasteiger charge is 2.16. The number of aromatic nitrogens is 4. The van der Waals surface area contributed by atoms with Gasteiger partial charge < -0.3 is 10.4 Å².